The summed E-state index contributed by atoms with van der Waals surface area (Å²) in [5, 5.41) is 5.63. The van der Waals surface area contributed by atoms with E-state index in [1.165, 1.54) is 16.3 Å². The van der Waals surface area contributed by atoms with Gasteiger partial charge in [0.05, 0.1) is 11.9 Å². The van der Waals surface area contributed by atoms with Crippen LogP contribution in [0.1, 0.15) is 5.56 Å². The number of nitrogens with zero attached hydrogens (tertiary/aromatic N) is 2. The number of hydrogen-bond donors (Lipinski definition) is 1. The van der Waals surface area contributed by atoms with Crippen molar-refractivity contribution < 1.29 is 0 Å². The molecular formula is C13H17N3. The lowest BCUT2D eigenvalue weighted by molar-refractivity contribution is 1.08. The van der Waals surface area contributed by atoms with Crippen molar-refractivity contribution in [3.63, 3.8) is 0 Å². The second-order valence-electron chi connectivity index (χ2n) is 4.14. The number of aryl methyl sites for hydroxylation is 1. The van der Waals surface area contributed by atoms with Gasteiger partial charge in [-0.15, -0.1) is 0 Å². The number of aromatic nitrogens is 1. The van der Waals surface area contributed by atoms with Gasteiger partial charge in [0.15, 0.2) is 0 Å². The topological polar surface area (TPSA) is 28.2 Å². The molecule has 1 aromatic carbocycles. The maximum Gasteiger partial charge on any atom is 0.136 e. The van der Waals surface area contributed by atoms with E-state index < -0.39 is 0 Å². The molecule has 0 aliphatic rings. The maximum absolute atomic E-state index is 4.50. The molecule has 0 saturated carbocycles. The SMILES string of the molecule is CNc1cnc(N(C)C)c2c(C)cccc12. The Morgan fingerprint density at radius 1 is 1.25 bits per heavy atom. The predicted molar refractivity (Wildman–Crippen MR) is 70.4 cm³/mol. The smallest absolute Gasteiger partial charge is 0.136 e. The minimum Gasteiger partial charge on any atom is -0.386 e. The molecular weight excluding hydrogens is 198 g/mol. The Morgan fingerprint density at radius 2 is 2.00 bits per heavy atom. The average Bonchev–Trinajstić information content (AvgIpc) is 2.28. The zero-order chi connectivity index (χ0) is 11.7. The molecule has 0 bridgehead atoms. The molecule has 0 radical (unpaired) electrons. The van der Waals surface area contributed by atoms with E-state index in [2.05, 4.69) is 40.3 Å². The van der Waals surface area contributed by atoms with Gasteiger partial charge in [-0.3, -0.25) is 0 Å². The van der Waals surface area contributed by atoms with E-state index in [4.69, 9.17) is 0 Å². The van der Waals surface area contributed by atoms with Gasteiger partial charge < -0.3 is 10.2 Å². The van der Waals surface area contributed by atoms with Crippen LogP contribution in [0.3, 0.4) is 0 Å². The first kappa shape index (κ1) is 10.7. The van der Waals surface area contributed by atoms with E-state index in [0.29, 0.717) is 0 Å². The van der Waals surface area contributed by atoms with E-state index >= 15 is 0 Å². The summed E-state index contributed by atoms with van der Waals surface area (Å²) in [6.07, 6.45) is 1.89. The Morgan fingerprint density at radius 3 is 2.62 bits per heavy atom. The van der Waals surface area contributed by atoms with Crippen molar-refractivity contribution in [1.82, 2.24) is 4.98 Å². The summed E-state index contributed by atoms with van der Waals surface area (Å²) in [6, 6.07) is 6.33. The molecule has 0 fully saturated rings. The molecule has 0 aliphatic heterocycles. The van der Waals surface area contributed by atoms with Gasteiger partial charge in [-0.05, 0) is 12.5 Å². The van der Waals surface area contributed by atoms with Crippen molar-refractivity contribution in [3.8, 4) is 0 Å². The predicted octanol–water partition coefficient (Wildman–Crippen LogP) is 2.65. The first-order valence-electron chi connectivity index (χ1n) is 5.38. The van der Waals surface area contributed by atoms with Crippen molar-refractivity contribution in [2.75, 3.05) is 31.4 Å². The summed E-state index contributed by atoms with van der Waals surface area (Å²) in [7, 11) is 5.97. The number of pyridine rings is 1. The summed E-state index contributed by atoms with van der Waals surface area (Å²) < 4.78 is 0. The first-order valence-corrected chi connectivity index (χ1v) is 5.38. The fraction of sp³-hybridized carbons (Fsp3) is 0.308. The zero-order valence-corrected chi connectivity index (χ0v) is 10.2. The minimum atomic E-state index is 1.02. The summed E-state index contributed by atoms with van der Waals surface area (Å²) in [5.74, 6) is 1.02. The molecule has 0 saturated heterocycles. The number of anilines is 2. The summed E-state index contributed by atoms with van der Waals surface area (Å²) in [5.41, 5.74) is 2.33. The second kappa shape index (κ2) is 4.00. The van der Waals surface area contributed by atoms with Crippen molar-refractivity contribution in [2.45, 2.75) is 6.92 Å². The zero-order valence-electron chi connectivity index (χ0n) is 10.2. The summed E-state index contributed by atoms with van der Waals surface area (Å²) in [6.45, 7) is 2.12. The van der Waals surface area contributed by atoms with Crippen LogP contribution < -0.4 is 10.2 Å². The third-order valence-electron chi connectivity index (χ3n) is 2.80. The van der Waals surface area contributed by atoms with Crippen LogP contribution in [-0.4, -0.2) is 26.1 Å². The standard InChI is InChI=1S/C13H17N3/c1-9-6-5-7-10-11(14-2)8-15-13(12(9)10)16(3)4/h5-8,14H,1-4H3. The lowest BCUT2D eigenvalue weighted by Crippen LogP contribution is -2.12. The van der Waals surface area contributed by atoms with Crippen LogP contribution in [0.15, 0.2) is 24.4 Å². The molecule has 3 nitrogen and oxygen atoms in total. The van der Waals surface area contributed by atoms with E-state index in [1.54, 1.807) is 0 Å². The molecule has 0 amide bonds. The second-order valence-corrected chi connectivity index (χ2v) is 4.14. The Kier molecular flexibility index (Phi) is 2.69. The van der Waals surface area contributed by atoms with E-state index in [-0.39, 0.29) is 0 Å². The molecule has 84 valence electrons. The van der Waals surface area contributed by atoms with Gasteiger partial charge in [0.25, 0.3) is 0 Å². The summed E-state index contributed by atoms with van der Waals surface area (Å²) >= 11 is 0. The van der Waals surface area contributed by atoms with Crippen molar-refractivity contribution in [3.05, 3.63) is 30.0 Å². The lowest BCUT2D eigenvalue weighted by Gasteiger charge is -2.17. The number of fused-ring (bicyclic) bond motifs is 1. The Labute approximate surface area is 96.1 Å². The van der Waals surface area contributed by atoms with Gasteiger partial charge in [-0.1, -0.05) is 18.2 Å². The third-order valence-corrected chi connectivity index (χ3v) is 2.80. The van der Waals surface area contributed by atoms with Crippen LogP contribution in [0.2, 0.25) is 0 Å². The molecule has 2 rings (SSSR count). The van der Waals surface area contributed by atoms with E-state index in [0.717, 1.165) is 11.5 Å². The molecule has 0 unspecified atom stereocenters. The Hall–Kier alpha value is -1.77. The van der Waals surface area contributed by atoms with Crippen LogP contribution in [-0.2, 0) is 0 Å². The molecule has 0 spiro atoms. The molecule has 0 atom stereocenters. The average molecular weight is 215 g/mol. The summed E-state index contributed by atoms with van der Waals surface area (Å²) in [4.78, 5) is 6.55. The van der Waals surface area contributed by atoms with Gasteiger partial charge in [-0.25, -0.2) is 4.98 Å². The molecule has 1 heterocycles. The Balaban J connectivity index is 2.86. The van der Waals surface area contributed by atoms with Crippen LogP contribution in [0.25, 0.3) is 10.8 Å². The van der Waals surface area contributed by atoms with E-state index in [1.807, 2.05) is 27.3 Å². The highest BCUT2D eigenvalue weighted by Gasteiger charge is 2.09. The third kappa shape index (κ3) is 1.58. The first-order chi connectivity index (χ1) is 7.65. The van der Waals surface area contributed by atoms with Gasteiger partial charge >= 0.3 is 0 Å². The fourth-order valence-electron chi connectivity index (χ4n) is 1.99. The highest BCUT2D eigenvalue weighted by molar-refractivity contribution is 6.02. The van der Waals surface area contributed by atoms with Crippen molar-refractivity contribution in [2.24, 2.45) is 0 Å². The van der Waals surface area contributed by atoms with Crippen molar-refractivity contribution >= 4 is 22.3 Å². The molecule has 0 aliphatic carbocycles. The van der Waals surface area contributed by atoms with Crippen LogP contribution in [0, 0.1) is 6.92 Å². The number of rotatable bonds is 2. The van der Waals surface area contributed by atoms with Gasteiger partial charge in [0, 0.05) is 31.9 Å². The van der Waals surface area contributed by atoms with Gasteiger partial charge in [0.1, 0.15) is 5.82 Å². The Bertz CT molecular complexity index is 518. The number of nitrogens with one attached hydrogen (secondary N) is 1. The molecule has 16 heavy (non-hydrogen) atoms. The molecule has 2 aromatic rings. The van der Waals surface area contributed by atoms with Gasteiger partial charge in [0.2, 0.25) is 0 Å². The van der Waals surface area contributed by atoms with Crippen molar-refractivity contribution in [1.29, 1.82) is 0 Å². The lowest BCUT2D eigenvalue weighted by atomic mass is 10.1. The minimum absolute atomic E-state index is 1.02. The molecule has 1 aromatic heterocycles. The maximum atomic E-state index is 4.50. The fourth-order valence-corrected chi connectivity index (χ4v) is 1.99. The normalized spacial score (nSPS) is 10.5. The van der Waals surface area contributed by atoms with E-state index in [9.17, 15) is 0 Å². The highest BCUT2D eigenvalue weighted by Crippen LogP contribution is 2.31. The van der Waals surface area contributed by atoms with Crippen LogP contribution in [0.5, 0.6) is 0 Å². The monoisotopic (exact) mass is 215 g/mol. The number of hydrogen-bond acceptors (Lipinski definition) is 3. The molecule has 1 N–H and O–H groups in total. The quantitative estimate of drug-likeness (QED) is 0.834. The van der Waals surface area contributed by atoms with Crippen LogP contribution >= 0.6 is 0 Å². The van der Waals surface area contributed by atoms with Gasteiger partial charge in [-0.2, -0.15) is 0 Å². The largest absolute Gasteiger partial charge is 0.386 e. The van der Waals surface area contributed by atoms with Crippen LogP contribution in [0.4, 0.5) is 11.5 Å². The number of benzene rings is 1. The molecule has 3 heteroatoms. The highest BCUT2D eigenvalue weighted by atomic mass is 15.1.